The summed E-state index contributed by atoms with van der Waals surface area (Å²) in [6.45, 7) is 2.48. The molecule has 2 aromatic carbocycles. The Bertz CT molecular complexity index is 705. The van der Waals surface area contributed by atoms with Crippen LogP contribution >= 0.6 is 0 Å². The van der Waals surface area contributed by atoms with Crippen molar-refractivity contribution in [2.45, 2.75) is 32.0 Å². The minimum Gasteiger partial charge on any atom is -0.354 e. The Balaban J connectivity index is 1.93. The zero-order valence-electron chi connectivity index (χ0n) is 14.9. The molecule has 0 fully saturated rings. The highest BCUT2D eigenvalue weighted by molar-refractivity contribution is 5.81. The van der Waals surface area contributed by atoms with E-state index in [4.69, 9.17) is 0 Å². The fourth-order valence-electron chi connectivity index (χ4n) is 2.69. The fraction of sp³-hybridized carbons (Fsp3) is 0.350. The number of carbonyl (C=O) groups excluding carboxylic acids is 1. The zero-order valence-corrected chi connectivity index (χ0v) is 14.9. The van der Waals surface area contributed by atoms with E-state index in [-0.39, 0.29) is 11.9 Å². The summed E-state index contributed by atoms with van der Waals surface area (Å²) >= 11 is 0. The highest BCUT2D eigenvalue weighted by Crippen LogP contribution is 2.31. The summed E-state index contributed by atoms with van der Waals surface area (Å²) in [6.07, 6.45) is -2.90. The number of hydrogen-bond donors (Lipinski definition) is 2. The topological polar surface area (TPSA) is 41.1 Å². The third-order valence-corrected chi connectivity index (χ3v) is 4.29. The van der Waals surface area contributed by atoms with Crippen LogP contribution in [0.4, 0.5) is 13.2 Å². The molecule has 140 valence electrons. The summed E-state index contributed by atoms with van der Waals surface area (Å²) in [5.74, 6) is -0.0172. The second-order valence-electron chi connectivity index (χ2n) is 6.06. The van der Waals surface area contributed by atoms with Gasteiger partial charge in [0.2, 0.25) is 5.91 Å². The first-order valence-electron chi connectivity index (χ1n) is 8.56. The Hall–Kier alpha value is -2.34. The van der Waals surface area contributed by atoms with Crippen LogP contribution in [0, 0.1) is 0 Å². The van der Waals surface area contributed by atoms with Gasteiger partial charge in [0.15, 0.2) is 0 Å². The van der Waals surface area contributed by atoms with Crippen molar-refractivity contribution in [2.24, 2.45) is 0 Å². The molecule has 0 bridgehead atoms. The normalized spacial score (nSPS) is 12.7. The summed E-state index contributed by atoms with van der Waals surface area (Å²) in [7, 11) is 1.76. The van der Waals surface area contributed by atoms with E-state index in [9.17, 15) is 18.0 Å². The van der Waals surface area contributed by atoms with Gasteiger partial charge in [-0.1, -0.05) is 43.3 Å². The third kappa shape index (κ3) is 5.33. The average Bonchev–Trinajstić information content (AvgIpc) is 2.63. The van der Waals surface area contributed by atoms with Crippen LogP contribution in [0.25, 0.3) is 11.1 Å². The summed E-state index contributed by atoms with van der Waals surface area (Å²) in [6, 6.07) is 12.5. The number of amides is 1. The molecule has 2 rings (SSSR count). The number of rotatable bonds is 7. The molecule has 1 unspecified atom stereocenters. The van der Waals surface area contributed by atoms with Gasteiger partial charge in [-0.2, -0.15) is 13.2 Å². The van der Waals surface area contributed by atoms with Crippen LogP contribution < -0.4 is 10.6 Å². The number of nitrogens with one attached hydrogen (secondary N) is 2. The molecule has 1 amide bonds. The Morgan fingerprint density at radius 3 is 2.00 bits per heavy atom. The van der Waals surface area contributed by atoms with E-state index in [0.29, 0.717) is 13.0 Å². The van der Waals surface area contributed by atoms with E-state index in [1.54, 1.807) is 7.05 Å². The van der Waals surface area contributed by atoms with Gasteiger partial charge in [0.1, 0.15) is 0 Å². The lowest BCUT2D eigenvalue weighted by Gasteiger charge is -2.14. The molecule has 0 aliphatic heterocycles. The molecule has 0 saturated heterocycles. The largest absolute Gasteiger partial charge is 0.416 e. The first kappa shape index (κ1) is 20.0. The van der Waals surface area contributed by atoms with Crippen LogP contribution in [0.2, 0.25) is 0 Å². The molecule has 0 aromatic heterocycles. The van der Waals surface area contributed by atoms with Crippen molar-refractivity contribution in [3.8, 4) is 11.1 Å². The van der Waals surface area contributed by atoms with Gasteiger partial charge in [0.25, 0.3) is 0 Å². The summed E-state index contributed by atoms with van der Waals surface area (Å²) in [5, 5.41) is 5.85. The molecule has 26 heavy (non-hydrogen) atoms. The summed E-state index contributed by atoms with van der Waals surface area (Å²) in [5.41, 5.74) is 1.99. The lowest BCUT2D eigenvalue weighted by Crippen LogP contribution is -2.42. The fourth-order valence-corrected chi connectivity index (χ4v) is 2.69. The molecule has 0 heterocycles. The van der Waals surface area contributed by atoms with Crippen molar-refractivity contribution in [1.29, 1.82) is 0 Å². The van der Waals surface area contributed by atoms with Crippen LogP contribution in [0.1, 0.15) is 24.5 Å². The van der Waals surface area contributed by atoms with E-state index >= 15 is 0 Å². The van der Waals surface area contributed by atoms with E-state index in [1.165, 1.54) is 12.1 Å². The second kappa shape index (κ2) is 8.85. The standard InChI is InChI=1S/C20H23F3N2O/c1-3-18(24-2)19(26)25-13-12-14-4-6-15(7-5-14)16-8-10-17(11-9-16)20(21,22)23/h4-11,18,24H,3,12-13H2,1-2H3,(H,25,26). The van der Waals surface area contributed by atoms with Crippen molar-refractivity contribution in [2.75, 3.05) is 13.6 Å². The molecular formula is C20H23F3N2O. The molecular weight excluding hydrogens is 341 g/mol. The number of benzene rings is 2. The minimum absolute atomic E-state index is 0.0172. The molecule has 1 atom stereocenters. The second-order valence-corrected chi connectivity index (χ2v) is 6.06. The van der Waals surface area contributed by atoms with Gasteiger partial charge >= 0.3 is 6.18 Å². The van der Waals surface area contributed by atoms with Crippen LogP contribution in [-0.2, 0) is 17.4 Å². The predicted octanol–water partition coefficient (Wildman–Crippen LogP) is 4.03. The van der Waals surface area contributed by atoms with Gasteiger partial charge in [0.05, 0.1) is 11.6 Å². The first-order valence-corrected chi connectivity index (χ1v) is 8.56. The maximum absolute atomic E-state index is 12.6. The Labute approximate surface area is 151 Å². The Morgan fingerprint density at radius 1 is 1.00 bits per heavy atom. The van der Waals surface area contributed by atoms with Crippen LogP contribution in [0.3, 0.4) is 0 Å². The maximum Gasteiger partial charge on any atom is 0.416 e. The lowest BCUT2D eigenvalue weighted by atomic mass is 10.0. The first-order chi connectivity index (χ1) is 12.3. The van der Waals surface area contributed by atoms with Crippen molar-refractivity contribution >= 4 is 5.91 Å². The molecule has 0 aliphatic rings. The van der Waals surface area contributed by atoms with E-state index in [0.717, 1.165) is 35.2 Å². The van der Waals surface area contributed by atoms with Gasteiger partial charge in [0, 0.05) is 6.54 Å². The maximum atomic E-state index is 12.6. The van der Waals surface area contributed by atoms with Crippen molar-refractivity contribution in [1.82, 2.24) is 10.6 Å². The van der Waals surface area contributed by atoms with Crippen LogP contribution in [0.15, 0.2) is 48.5 Å². The van der Waals surface area contributed by atoms with E-state index in [1.807, 2.05) is 31.2 Å². The van der Waals surface area contributed by atoms with E-state index < -0.39 is 11.7 Å². The lowest BCUT2D eigenvalue weighted by molar-refractivity contribution is -0.137. The number of hydrogen-bond acceptors (Lipinski definition) is 2. The molecule has 0 saturated carbocycles. The van der Waals surface area contributed by atoms with Crippen molar-refractivity contribution < 1.29 is 18.0 Å². The predicted molar refractivity (Wildman–Crippen MR) is 96.7 cm³/mol. The SMILES string of the molecule is CCC(NC)C(=O)NCCc1ccc(-c2ccc(C(F)(F)F)cc2)cc1. The van der Waals surface area contributed by atoms with E-state index in [2.05, 4.69) is 10.6 Å². The zero-order chi connectivity index (χ0) is 19.2. The smallest absolute Gasteiger partial charge is 0.354 e. The average molecular weight is 364 g/mol. The number of likely N-dealkylation sites (N-methyl/N-ethyl adjacent to an activating group) is 1. The number of carbonyl (C=O) groups is 1. The molecule has 0 spiro atoms. The van der Waals surface area contributed by atoms with Crippen molar-refractivity contribution in [3.63, 3.8) is 0 Å². The van der Waals surface area contributed by atoms with Crippen molar-refractivity contribution in [3.05, 3.63) is 59.7 Å². The minimum atomic E-state index is -4.32. The van der Waals surface area contributed by atoms with Gasteiger partial charge in [-0.25, -0.2) is 0 Å². The summed E-state index contributed by atoms with van der Waals surface area (Å²) in [4.78, 5) is 11.9. The molecule has 0 aliphatic carbocycles. The van der Waals surface area contributed by atoms with Gasteiger partial charge in [-0.05, 0) is 48.7 Å². The molecule has 2 N–H and O–H groups in total. The molecule has 3 nitrogen and oxygen atoms in total. The number of halogens is 3. The third-order valence-electron chi connectivity index (χ3n) is 4.29. The molecule has 6 heteroatoms. The van der Waals surface area contributed by atoms with Gasteiger partial charge in [-0.15, -0.1) is 0 Å². The molecule has 2 aromatic rings. The Morgan fingerprint density at radius 2 is 1.54 bits per heavy atom. The van der Waals surface area contributed by atoms with Crippen LogP contribution in [0.5, 0.6) is 0 Å². The Kier molecular flexibility index (Phi) is 6.80. The summed E-state index contributed by atoms with van der Waals surface area (Å²) < 4.78 is 37.8. The molecule has 0 radical (unpaired) electrons. The van der Waals surface area contributed by atoms with Gasteiger partial charge in [-0.3, -0.25) is 4.79 Å². The highest BCUT2D eigenvalue weighted by atomic mass is 19.4. The van der Waals surface area contributed by atoms with Gasteiger partial charge < -0.3 is 10.6 Å². The quantitative estimate of drug-likeness (QED) is 0.779. The highest BCUT2D eigenvalue weighted by Gasteiger charge is 2.29. The monoisotopic (exact) mass is 364 g/mol. The van der Waals surface area contributed by atoms with Crippen LogP contribution in [-0.4, -0.2) is 25.5 Å². The number of alkyl halides is 3.